The Labute approximate surface area is 109 Å². The first kappa shape index (κ1) is 14.8. The number of anilines is 1. The standard InChI is InChI=1S/C10H10BrF3N2O2/c11-6-1-2-8(7(5-6)10(12,13)14)16-9(18)15-3-4-17/h1-2,5,17H,3-4H2,(H2,15,16,18). The second-order valence-corrected chi connectivity index (χ2v) is 4.21. The maximum atomic E-state index is 12.7. The molecule has 100 valence electrons. The van der Waals surface area contributed by atoms with Crippen LogP contribution >= 0.6 is 15.9 Å². The Morgan fingerprint density at radius 1 is 1.39 bits per heavy atom. The minimum atomic E-state index is -4.57. The van der Waals surface area contributed by atoms with Gasteiger partial charge >= 0.3 is 12.2 Å². The Morgan fingerprint density at radius 3 is 2.61 bits per heavy atom. The lowest BCUT2D eigenvalue weighted by Crippen LogP contribution is -2.31. The summed E-state index contributed by atoms with van der Waals surface area (Å²) in [6, 6.07) is 2.60. The van der Waals surface area contributed by atoms with Crippen LogP contribution in [0.15, 0.2) is 22.7 Å². The molecule has 0 bridgehead atoms. The summed E-state index contributed by atoms with van der Waals surface area (Å²) in [6.07, 6.45) is -4.57. The largest absolute Gasteiger partial charge is 0.418 e. The molecule has 0 fully saturated rings. The number of carbonyl (C=O) groups excluding carboxylic acids is 1. The maximum Gasteiger partial charge on any atom is 0.418 e. The van der Waals surface area contributed by atoms with Gasteiger partial charge in [-0.1, -0.05) is 15.9 Å². The van der Waals surface area contributed by atoms with Crippen molar-refractivity contribution in [3.05, 3.63) is 28.2 Å². The molecule has 0 aliphatic carbocycles. The van der Waals surface area contributed by atoms with Gasteiger partial charge in [-0.15, -0.1) is 0 Å². The summed E-state index contributed by atoms with van der Waals surface area (Å²) < 4.78 is 38.4. The predicted molar refractivity (Wildman–Crippen MR) is 63.3 cm³/mol. The fourth-order valence-electron chi connectivity index (χ4n) is 1.20. The van der Waals surface area contributed by atoms with Crippen molar-refractivity contribution < 1.29 is 23.1 Å². The van der Waals surface area contributed by atoms with Crippen LogP contribution in [-0.4, -0.2) is 24.3 Å². The highest BCUT2D eigenvalue weighted by atomic mass is 79.9. The minimum Gasteiger partial charge on any atom is -0.395 e. The van der Waals surface area contributed by atoms with Crippen LogP contribution in [0.3, 0.4) is 0 Å². The molecule has 0 saturated carbocycles. The van der Waals surface area contributed by atoms with Gasteiger partial charge in [-0.25, -0.2) is 4.79 Å². The molecule has 0 aliphatic rings. The third-order valence-corrected chi connectivity index (χ3v) is 2.43. The van der Waals surface area contributed by atoms with Gasteiger partial charge in [0.05, 0.1) is 17.9 Å². The number of benzene rings is 1. The van der Waals surface area contributed by atoms with Crippen molar-refractivity contribution in [2.45, 2.75) is 6.18 Å². The van der Waals surface area contributed by atoms with Crippen LogP contribution in [0.4, 0.5) is 23.7 Å². The molecular weight excluding hydrogens is 317 g/mol. The van der Waals surface area contributed by atoms with Crippen LogP contribution in [0, 0.1) is 0 Å². The molecule has 0 spiro atoms. The third-order valence-electron chi connectivity index (χ3n) is 1.93. The van der Waals surface area contributed by atoms with E-state index in [0.717, 1.165) is 12.1 Å². The van der Waals surface area contributed by atoms with E-state index in [0.29, 0.717) is 0 Å². The van der Waals surface area contributed by atoms with E-state index in [1.54, 1.807) is 0 Å². The lowest BCUT2D eigenvalue weighted by molar-refractivity contribution is -0.136. The normalized spacial score (nSPS) is 11.2. The fourth-order valence-corrected chi connectivity index (χ4v) is 1.56. The third kappa shape index (κ3) is 4.19. The van der Waals surface area contributed by atoms with Gasteiger partial charge in [0.2, 0.25) is 0 Å². The summed E-state index contributed by atoms with van der Waals surface area (Å²) in [4.78, 5) is 11.2. The topological polar surface area (TPSA) is 61.4 Å². The SMILES string of the molecule is O=C(NCCO)Nc1ccc(Br)cc1C(F)(F)F. The van der Waals surface area contributed by atoms with Crippen LogP contribution in [0.25, 0.3) is 0 Å². The molecular formula is C10H10BrF3N2O2. The fraction of sp³-hybridized carbons (Fsp3) is 0.300. The van der Waals surface area contributed by atoms with Gasteiger partial charge in [-0.3, -0.25) is 0 Å². The number of nitrogens with one attached hydrogen (secondary N) is 2. The number of aliphatic hydroxyl groups excluding tert-OH is 1. The minimum absolute atomic E-state index is 0.0380. The highest BCUT2D eigenvalue weighted by Crippen LogP contribution is 2.36. The average molecular weight is 327 g/mol. The molecule has 3 N–H and O–H groups in total. The smallest absolute Gasteiger partial charge is 0.395 e. The number of hydrogen-bond acceptors (Lipinski definition) is 2. The van der Waals surface area contributed by atoms with Crippen molar-refractivity contribution in [2.75, 3.05) is 18.5 Å². The molecule has 1 rings (SSSR count). The molecule has 0 atom stereocenters. The number of hydrogen-bond donors (Lipinski definition) is 3. The van der Waals surface area contributed by atoms with E-state index in [-0.39, 0.29) is 23.3 Å². The van der Waals surface area contributed by atoms with Gasteiger partial charge < -0.3 is 15.7 Å². The van der Waals surface area contributed by atoms with E-state index < -0.39 is 17.8 Å². The summed E-state index contributed by atoms with van der Waals surface area (Å²) in [6.45, 7) is -0.330. The van der Waals surface area contributed by atoms with Crippen LogP contribution in [0.1, 0.15) is 5.56 Å². The zero-order valence-corrected chi connectivity index (χ0v) is 10.6. The molecule has 0 heterocycles. The number of amides is 2. The molecule has 1 aromatic carbocycles. The van der Waals surface area contributed by atoms with Gasteiger partial charge in [-0.2, -0.15) is 13.2 Å². The monoisotopic (exact) mass is 326 g/mol. The van der Waals surface area contributed by atoms with Gasteiger partial charge in [0.15, 0.2) is 0 Å². The number of urea groups is 1. The van der Waals surface area contributed by atoms with Crippen molar-refractivity contribution in [3.8, 4) is 0 Å². The summed E-state index contributed by atoms with van der Waals surface area (Å²) >= 11 is 2.94. The van der Waals surface area contributed by atoms with Crippen LogP contribution < -0.4 is 10.6 Å². The molecule has 0 saturated heterocycles. The zero-order chi connectivity index (χ0) is 13.8. The van der Waals surface area contributed by atoms with E-state index in [2.05, 4.69) is 26.6 Å². The summed E-state index contributed by atoms with van der Waals surface area (Å²) in [5.41, 5.74) is -1.29. The van der Waals surface area contributed by atoms with Gasteiger partial charge in [-0.05, 0) is 18.2 Å². The first-order valence-electron chi connectivity index (χ1n) is 4.87. The lowest BCUT2D eigenvalue weighted by atomic mass is 10.1. The second-order valence-electron chi connectivity index (χ2n) is 3.29. The van der Waals surface area contributed by atoms with Crippen LogP contribution in [0.2, 0.25) is 0 Å². The van der Waals surface area contributed by atoms with Crippen molar-refractivity contribution in [1.82, 2.24) is 5.32 Å². The molecule has 1 aromatic rings. The number of alkyl halides is 3. The van der Waals surface area contributed by atoms with Crippen molar-refractivity contribution >= 4 is 27.6 Å². The molecule has 0 radical (unpaired) electrons. The highest BCUT2D eigenvalue weighted by molar-refractivity contribution is 9.10. The first-order chi connectivity index (χ1) is 8.34. The van der Waals surface area contributed by atoms with Gasteiger partial charge in [0, 0.05) is 11.0 Å². The van der Waals surface area contributed by atoms with Gasteiger partial charge in [0.1, 0.15) is 0 Å². The number of aliphatic hydroxyl groups is 1. The Kier molecular flexibility index (Phi) is 4.97. The van der Waals surface area contributed by atoms with Crippen molar-refractivity contribution in [1.29, 1.82) is 0 Å². The van der Waals surface area contributed by atoms with E-state index in [4.69, 9.17) is 5.11 Å². The number of carbonyl (C=O) groups is 1. The Balaban J connectivity index is 2.92. The van der Waals surface area contributed by atoms with E-state index >= 15 is 0 Å². The van der Waals surface area contributed by atoms with Gasteiger partial charge in [0.25, 0.3) is 0 Å². The number of halogens is 4. The Bertz CT molecular complexity index is 438. The van der Waals surface area contributed by atoms with E-state index in [1.165, 1.54) is 6.07 Å². The van der Waals surface area contributed by atoms with Crippen LogP contribution in [-0.2, 0) is 6.18 Å². The first-order valence-corrected chi connectivity index (χ1v) is 5.66. The lowest BCUT2D eigenvalue weighted by Gasteiger charge is -2.14. The van der Waals surface area contributed by atoms with E-state index in [9.17, 15) is 18.0 Å². The second kappa shape index (κ2) is 6.05. The predicted octanol–water partition coefficient (Wildman–Crippen LogP) is 2.58. The average Bonchev–Trinajstić information content (AvgIpc) is 2.27. The zero-order valence-electron chi connectivity index (χ0n) is 9.01. The summed E-state index contributed by atoms with van der Waals surface area (Å²) in [5, 5.41) is 12.7. The molecule has 0 unspecified atom stereocenters. The highest BCUT2D eigenvalue weighted by Gasteiger charge is 2.34. The maximum absolute atomic E-state index is 12.7. The van der Waals surface area contributed by atoms with Crippen molar-refractivity contribution in [3.63, 3.8) is 0 Å². The molecule has 0 aromatic heterocycles. The molecule has 18 heavy (non-hydrogen) atoms. The van der Waals surface area contributed by atoms with Crippen molar-refractivity contribution in [2.24, 2.45) is 0 Å². The molecule has 2 amide bonds. The molecule has 8 heteroatoms. The Morgan fingerprint density at radius 2 is 2.06 bits per heavy atom. The Hall–Kier alpha value is -1.28. The quantitative estimate of drug-likeness (QED) is 0.799. The molecule has 0 aliphatic heterocycles. The number of rotatable bonds is 3. The summed E-state index contributed by atoms with van der Waals surface area (Å²) in [7, 11) is 0. The molecule has 4 nitrogen and oxygen atoms in total. The summed E-state index contributed by atoms with van der Waals surface area (Å²) in [5.74, 6) is 0. The van der Waals surface area contributed by atoms with Crippen LogP contribution in [0.5, 0.6) is 0 Å². The van der Waals surface area contributed by atoms with E-state index in [1.807, 2.05) is 0 Å².